The van der Waals surface area contributed by atoms with Gasteiger partial charge in [0.05, 0.1) is 0 Å². The molecule has 0 aromatic heterocycles. The molecule has 1 heterocycles. The third kappa shape index (κ3) is 9.95. The standard InChI is InChI=1S/C21H46O6Si7/c1-29(2,3)22-28(23-30(4,5)6)21(19-20-17-15-14-16-18-20)34(13)26-32(9,10)24-31(7,8)25-33(11,12)27-34/h14-19,28H,1-13H3. The van der Waals surface area contributed by atoms with Crippen molar-refractivity contribution in [3.05, 3.63) is 40.7 Å². The number of hydrogen-bond donors (Lipinski definition) is 0. The highest BCUT2D eigenvalue weighted by Crippen LogP contribution is 2.37. The van der Waals surface area contributed by atoms with Crippen LogP contribution in [0.2, 0.25) is 85.1 Å². The largest absolute Gasteiger partial charge is 0.436 e. The zero-order valence-electron chi connectivity index (χ0n) is 23.5. The van der Waals surface area contributed by atoms with Crippen molar-refractivity contribution in [3.63, 3.8) is 0 Å². The van der Waals surface area contributed by atoms with Crippen LogP contribution in [0.25, 0.3) is 6.08 Å². The summed E-state index contributed by atoms with van der Waals surface area (Å²) in [5.74, 6) is 0. The Morgan fingerprint density at radius 2 is 1.06 bits per heavy atom. The van der Waals surface area contributed by atoms with Gasteiger partial charge in [0.25, 0.3) is 0 Å². The SMILES string of the molecule is C[Si](C)(C)O[SiH](O[Si](C)(C)C)C(=Cc1ccccc1)[Si]1(C)O[Si](C)(C)O[Si](C)(C)O[Si](C)(C)O1. The van der Waals surface area contributed by atoms with Crippen molar-refractivity contribution >= 4 is 66.2 Å². The maximum atomic E-state index is 7.04. The monoisotopic (exact) mass is 590 g/mol. The van der Waals surface area contributed by atoms with Gasteiger partial charge in [-0.05, 0) is 90.7 Å². The van der Waals surface area contributed by atoms with Crippen LogP contribution in [-0.4, -0.2) is 60.2 Å². The van der Waals surface area contributed by atoms with E-state index in [0.717, 1.165) is 10.4 Å². The van der Waals surface area contributed by atoms with E-state index >= 15 is 0 Å². The van der Waals surface area contributed by atoms with Crippen LogP contribution < -0.4 is 0 Å². The lowest BCUT2D eigenvalue weighted by Crippen LogP contribution is -2.67. The summed E-state index contributed by atoms with van der Waals surface area (Å²) in [4.78, 5) is 1.10. The topological polar surface area (TPSA) is 55.4 Å². The van der Waals surface area contributed by atoms with Crippen LogP contribution in [0.4, 0.5) is 0 Å². The zero-order valence-corrected chi connectivity index (χ0v) is 30.6. The van der Waals surface area contributed by atoms with E-state index in [0.29, 0.717) is 0 Å². The summed E-state index contributed by atoms with van der Waals surface area (Å²) in [5.41, 5.74) is 1.10. The highest BCUT2D eigenvalue weighted by molar-refractivity contribution is 7.02. The molecule has 0 amide bonds. The van der Waals surface area contributed by atoms with Crippen molar-refractivity contribution in [2.75, 3.05) is 0 Å². The Kier molecular flexibility index (Phi) is 9.45. The molecule has 34 heavy (non-hydrogen) atoms. The number of rotatable bonds is 7. The Hall–Kier alpha value is 0.238. The fourth-order valence-corrected chi connectivity index (χ4v) is 35.7. The molecule has 1 aromatic carbocycles. The van der Waals surface area contributed by atoms with Crippen LogP contribution in [0.3, 0.4) is 0 Å². The molecule has 0 aliphatic carbocycles. The van der Waals surface area contributed by atoms with Gasteiger partial charge in [-0.15, -0.1) is 0 Å². The third-order valence-corrected chi connectivity index (χ3v) is 31.1. The molecule has 0 atom stereocenters. The lowest BCUT2D eigenvalue weighted by atomic mass is 10.2. The summed E-state index contributed by atoms with van der Waals surface area (Å²) in [5, 5.41) is 0. The first-order valence-electron chi connectivity index (χ1n) is 12.0. The normalized spacial score (nSPS) is 22.8. The van der Waals surface area contributed by atoms with Crippen molar-refractivity contribution < 1.29 is 24.7 Å². The Morgan fingerprint density at radius 3 is 1.44 bits per heavy atom. The average Bonchev–Trinajstić information content (AvgIpc) is 2.52. The van der Waals surface area contributed by atoms with Crippen LogP contribution in [0, 0.1) is 0 Å². The van der Waals surface area contributed by atoms with Gasteiger partial charge in [0.1, 0.15) is 0 Å². The minimum atomic E-state index is -3.01. The second-order valence-electron chi connectivity index (χ2n) is 12.4. The predicted octanol–water partition coefficient (Wildman–Crippen LogP) is 6.33. The first-order valence-corrected chi connectivity index (χ1v) is 31.1. The summed E-state index contributed by atoms with van der Waals surface area (Å²) < 4.78 is 41.1. The Labute approximate surface area is 216 Å². The van der Waals surface area contributed by atoms with Gasteiger partial charge in [-0.1, -0.05) is 36.4 Å². The number of hydrogen-bond acceptors (Lipinski definition) is 6. The van der Waals surface area contributed by atoms with Gasteiger partial charge in [0.2, 0.25) is 0 Å². The summed E-state index contributed by atoms with van der Waals surface area (Å²) in [6.07, 6.45) is 2.22. The third-order valence-electron chi connectivity index (χ3n) is 4.69. The molecule has 0 bridgehead atoms. The highest BCUT2D eigenvalue weighted by Gasteiger charge is 2.56. The van der Waals surface area contributed by atoms with Crippen molar-refractivity contribution in [2.24, 2.45) is 0 Å². The molecule has 2 rings (SSSR count). The van der Waals surface area contributed by atoms with Gasteiger partial charge in [-0.2, -0.15) is 0 Å². The quantitative estimate of drug-likeness (QED) is 0.346. The van der Waals surface area contributed by atoms with Crippen molar-refractivity contribution in [1.82, 2.24) is 0 Å². The van der Waals surface area contributed by atoms with E-state index in [9.17, 15) is 0 Å². The molecule has 1 aliphatic rings. The van der Waals surface area contributed by atoms with E-state index in [2.05, 4.69) is 115 Å². The molecule has 0 spiro atoms. The zero-order chi connectivity index (χ0) is 26.2. The second-order valence-corrected chi connectivity index (χ2v) is 38.7. The molecule has 0 unspecified atom stereocenters. The smallest absolute Gasteiger partial charge is 0.347 e. The Balaban J connectivity index is 2.73. The predicted molar refractivity (Wildman–Crippen MR) is 159 cm³/mol. The molecule has 0 N–H and O–H groups in total. The summed E-state index contributed by atoms with van der Waals surface area (Å²) in [6, 6.07) is 10.4. The molecule has 1 aliphatic heterocycles. The van der Waals surface area contributed by atoms with E-state index in [1.54, 1.807) is 0 Å². The minimum Gasteiger partial charge on any atom is -0.436 e. The Bertz CT molecular complexity index is 825. The van der Waals surface area contributed by atoms with Crippen LogP contribution in [-0.2, 0) is 24.7 Å². The summed E-state index contributed by atoms with van der Waals surface area (Å²) in [7, 11) is -16.7. The molecule has 0 saturated carbocycles. The van der Waals surface area contributed by atoms with E-state index < -0.39 is 60.2 Å². The van der Waals surface area contributed by atoms with Crippen LogP contribution >= 0.6 is 0 Å². The summed E-state index contributed by atoms with van der Waals surface area (Å²) in [6.45, 7) is 28.1. The van der Waals surface area contributed by atoms with Crippen molar-refractivity contribution in [2.45, 2.75) is 85.1 Å². The maximum absolute atomic E-state index is 7.04. The number of benzene rings is 1. The first-order chi connectivity index (χ1) is 15.1. The Morgan fingerprint density at radius 1 is 0.676 bits per heavy atom. The maximum Gasteiger partial charge on any atom is 0.347 e. The average molecular weight is 591 g/mol. The van der Waals surface area contributed by atoms with Gasteiger partial charge in [0.15, 0.2) is 16.6 Å². The highest BCUT2D eigenvalue weighted by atomic mass is 28.5. The molecule has 194 valence electrons. The lowest BCUT2D eigenvalue weighted by molar-refractivity contribution is 0.240. The molecular weight excluding hydrogens is 545 g/mol. The van der Waals surface area contributed by atoms with Gasteiger partial charge in [-0.25, -0.2) is 0 Å². The molecule has 1 fully saturated rings. The molecule has 6 nitrogen and oxygen atoms in total. The minimum absolute atomic E-state index is 1.10. The first kappa shape index (κ1) is 30.5. The molecule has 1 aromatic rings. The van der Waals surface area contributed by atoms with Crippen molar-refractivity contribution in [3.8, 4) is 0 Å². The van der Waals surface area contributed by atoms with E-state index in [-0.39, 0.29) is 0 Å². The molecule has 13 heteroatoms. The molecule has 0 radical (unpaired) electrons. The second kappa shape index (κ2) is 10.5. The lowest BCUT2D eigenvalue weighted by Gasteiger charge is -2.49. The van der Waals surface area contributed by atoms with E-state index in [4.69, 9.17) is 24.7 Å². The van der Waals surface area contributed by atoms with E-state index in [1.165, 1.54) is 0 Å². The van der Waals surface area contributed by atoms with Gasteiger partial charge in [-0.3, -0.25) is 0 Å². The van der Waals surface area contributed by atoms with Crippen LogP contribution in [0.15, 0.2) is 35.2 Å². The van der Waals surface area contributed by atoms with Crippen LogP contribution in [0.1, 0.15) is 5.56 Å². The van der Waals surface area contributed by atoms with Crippen LogP contribution in [0.5, 0.6) is 0 Å². The van der Waals surface area contributed by atoms with Gasteiger partial charge < -0.3 is 24.7 Å². The van der Waals surface area contributed by atoms with E-state index in [1.807, 2.05) is 6.07 Å². The molecular formula is C21H46O6Si7. The van der Waals surface area contributed by atoms with Gasteiger partial charge in [0, 0.05) is 4.82 Å². The summed E-state index contributed by atoms with van der Waals surface area (Å²) >= 11 is 0. The van der Waals surface area contributed by atoms with Gasteiger partial charge >= 0.3 is 43.5 Å². The fraction of sp³-hybridized carbons (Fsp3) is 0.619. The molecule has 1 saturated heterocycles. The van der Waals surface area contributed by atoms with Crippen molar-refractivity contribution in [1.29, 1.82) is 0 Å². The fourth-order valence-electron chi connectivity index (χ4n) is 4.26.